The van der Waals surface area contributed by atoms with Gasteiger partial charge in [-0.15, -0.1) is 0 Å². The zero-order valence-corrected chi connectivity index (χ0v) is 42.3. The molecule has 0 spiro atoms. The lowest BCUT2D eigenvalue weighted by atomic mass is 9.99. The zero-order valence-electron chi connectivity index (χ0n) is 42.3. The van der Waals surface area contributed by atoms with Crippen LogP contribution in [0.15, 0.2) is 60.8 Å². The first-order valence-corrected chi connectivity index (χ1v) is 27.1. The van der Waals surface area contributed by atoms with Gasteiger partial charge < -0.3 is 45.1 Å². The zero-order chi connectivity index (χ0) is 48.8. The molecule has 1 amide bonds. The van der Waals surface area contributed by atoms with E-state index in [9.17, 15) is 35.1 Å². The molecule has 388 valence electrons. The van der Waals surface area contributed by atoms with Crippen molar-refractivity contribution in [2.75, 3.05) is 19.8 Å². The van der Waals surface area contributed by atoms with Crippen LogP contribution < -0.4 is 5.32 Å². The van der Waals surface area contributed by atoms with Crippen molar-refractivity contribution in [1.29, 1.82) is 0 Å². The van der Waals surface area contributed by atoms with E-state index in [1.807, 2.05) is 6.08 Å². The number of hydrogen-bond acceptors (Lipinski definition) is 10. The Morgan fingerprint density at radius 3 is 1.64 bits per heavy atom. The molecule has 1 saturated heterocycles. The maximum atomic E-state index is 13.0. The maximum absolute atomic E-state index is 13.0. The smallest absolute Gasteiger partial charge is 0.305 e. The van der Waals surface area contributed by atoms with E-state index in [2.05, 4.69) is 67.8 Å². The Balaban J connectivity index is 2.15. The van der Waals surface area contributed by atoms with Crippen LogP contribution in [0.2, 0.25) is 0 Å². The summed E-state index contributed by atoms with van der Waals surface area (Å²) in [6, 6.07) is -0.827. The van der Waals surface area contributed by atoms with Gasteiger partial charge in [-0.05, 0) is 89.9 Å². The standard InChI is InChI=1S/C56H99NO10/c1-3-5-7-9-11-13-15-16-21-24-28-32-36-40-44-52(61)65-45-41-37-33-29-25-22-19-17-18-20-23-27-31-35-39-43-51(60)57-48(47-66-56-55(64)54(63)53(62)50(46-58)67-56)49(59)42-38-34-30-26-14-12-10-8-6-4-2/h9,11,15-17,19,22,25,38,42,48-50,53-56,58-59,62-64H,3-8,10,12-14,18,20-21,23-24,26-37,39-41,43-47H2,1-2H3,(H,57,60)/b11-9-,16-15-,19-17-,25-22-,42-38+. The predicted molar refractivity (Wildman–Crippen MR) is 273 cm³/mol. The molecule has 7 atom stereocenters. The lowest BCUT2D eigenvalue weighted by Crippen LogP contribution is -2.60. The number of carbonyl (C=O) groups excluding carboxylic acids is 2. The molecule has 0 saturated carbocycles. The predicted octanol–water partition coefficient (Wildman–Crippen LogP) is 11.5. The van der Waals surface area contributed by atoms with Gasteiger partial charge >= 0.3 is 5.97 Å². The van der Waals surface area contributed by atoms with Gasteiger partial charge in [-0.3, -0.25) is 9.59 Å². The number of amides is 1. The molecular formula is C56H99NO10. The van der Waals surface area contributed by atoms with Crippen molar-refractivity contribution in [3.63, 3.8) is 0 Å². The van der Waals surface area contributed by atoms with Gasteiger partial charge in [0.05, 0.1) is 32.0 Å². The van der Waals surface area contributed by atoms with Gasteiger partial charge in [-0.2, -0.15) is 0 Å². The fourth-order valence-corrected chi connectivity index (χ4v) is 7.97. The molecule has 7 unspecified atom stereocenters. The molecule has 11 nitrogen and oxygen atoms in total. The Hall–Kier alpha value is -2.64. The van der Waals surface area contributed by atoms with Crippen LogP contribution in [0.3, 0.4) is 0 Å². The highest BCUT2D eigenvalue weighted by molar-refractivity contribution is 5.76. The molecule has 1 fully saturated rings. The van der Waals surface area contributed by atoms with Crippen molar-refractivity contribution in [3.05, 3.63) is 60.8 Å². The summed E-state index contributed by atoms with van der Waals surface area (Å²) in [5.41, 5.74) is 0. The van der Waals surface area contributed by atoms with E-state index in [0.29, 0.717) is 19.4 Å². The van der Waals surface area contributed by atoms with Crippen molar-refractivity contribution in [2.45, 2.75) is 262 Å². The Bertz CT molecular complexity index is 1300. The minimum Gasteiger partial charge on any atom is -0.466 e. The number of carbonyl (C=O) groups is 2. The van der Waals surface area contributed by atoms with Crippen LogP contribution in [0.4, 0.5) is 0 Å². The maximum Gasteiger partial charge on any atom is 0.305 e. The van der Waals surface area contributed by atoms with Crippen LogP contribution in [0, 0.1) is 0 Å². The first kappa shape index (κ1) is 62.4. The van der Waals surface area contributed by atoms with Gasteiger partial charge in [0.25, 0.3) is 0 Å². The van der Waals surface area contributed by atoms with E-state index in [1.54, 1.807) is 6.08 Å². The fourth-order valence-electron chi connectivity index (χ4n) is 7.97. The van der Waals surface area contributed by atoms with Crippen LogP contribution in [0.1, 0.15) is 219 Å². The molecular weight excluding hydrogens is 847 g/mol. The summed E-state index contributed by atoms with van der Waals surface area (Å²) in [4.78, 5) is 25.0. The number of allylic oxidation sites excluding steroid dienone is 9. The molecule has 0 aromatic rings. The second-order valence-corrected chi connectivity index (χ2v) is 18.6. The van der Waals surface area contributed by atoms with E-state index >= 15 is 0 Å². The van der Waals surface area contributed by atoms with Crippen LogP contribution in [-0.2, 0) is 23.8 Å². The van der Waals surface area contributed by atoms with Crippen molar-refractivity contribution >= 4 is 11.9 Å². The highest BCUT2D eigenvalue weighted by Gasteiger charge is 2.44. The molecule has 67 heavy (non-hydrogen) atoms. The van der Waals surface area contributed by atoms with E-state index in [1.165, 1.54) is 77.0 Å². The first-order valence-electron chi connectivity index (χ1n) is 27.1. The fraction of sp³-hybridized carbons (Fsp3) is 0.786. The van der Waals surface area contributed by atoms with Crippen molar-refractivity contribution < 1.29 is 49.3 Å². The largest absolute Gasteiger partial charge is 0.466 e. The molecule has 1 rings (SSSR count). The van der Waals surface area contributed by atoms with E-state index in [-0.39, 0.29) is 18.5 Å². The van der Waals surface area contributed by atoms with Crippen LogP contribution in [0.25, 0.3) is 0 Å². The third kappa shape index (κ3) is 36.0. The Morgan fingerprint density at radius 1 is 0.567 bits per heavy atom. The van der Waals surface area contributed by atoms with Gasteiger partial charge in [0.2, 0.25) is 5.91 Å². The van der Waals surface area contributed by atoms with Crippen LogP contribution in [-0.4, -0.2) is 100 Å². The third-order valence-electron chi connectivity index (χ3n) is 12.4. The topological polar surface area (TPSA) is 175 Å². The highest BCUT2D eigenvalue weighted by Crippen LogP contribution is 2.23. The molecule has 0 aromatic carbocycles. The lowest BCUT2D eigenvalue weighted by Gasteiger charge is -2.40. The molecule has 0 radical (unpaired) electrons. The van der Waals surface area contributed by atoms with Crippen molar-refractivity contribution in [1.82, 2.24) is 5.32 Å². The first-order chi connectivity index (χ1) is 32.7. The number of ether oxygens (including phenoxy) is 3. The number of esters is 1. The summed E-state index contributed by atoms with van der Waals surface area (Å²) in [5, 5.41) is 54.1. The summed E-state index contributed by atoms with van der Waals surface area (Å²) < 4.78 is 16.6. The summed E-state index contributed by atoms with van der Waals surface area (Å²) in [6.07, 6.45) is 47.3. The highest BCUT2D eigenvalue weighted by atomic mass is 16.7. The Kier molecular flexibility index (Phi) is 42.6. The summed E-state index contributed by atoms with van der Waals surface area (Å²) >= 11 is 0. The molecule has 0 aliphatic carbocycles. The molecule has 0 aromatic heterocycles. The molecule has 6 N–H and O–H groups in total. The second kappa shape index (κ2) is 45.8. The monoisotopic (exact) mass is 946 g/mol. The van der Waals surface area contributed by atoms with Crippen molar-refractivity contribution in [2.24, 2.45) is 0 Å². The van der Waals surface area contributed by atoms with E-state index in [0.717, 1.165) is 116 Å². The molecule has 0 bridgehead atoms. The second-order valence-electron chi connectivity index (χ2n) is 18.6. The van der Waals surface area contributed by atoms with Gasteiger partial charge in [-0.25, -0.2) is 0 Å². The number of nitrogens with one attached hydrogen (secondary N) is 1. The summed E-state index contributed by atoms with van der Waals surface area (Å²) in [7, 11) is 0. The average molecular weight is 946 g/mol. The number of aliphatic hydroxyl groups excluding tert-OH is 5. The number of rotatable bonds is 45. The van der Waals surface area contributed by atoms with Crippen LogP contribution in [0.5, 0.6) is 0 Å². The van der Waals surface area contributed by atoms with Gasteiger partial charge in [0, 0.05) is 12.8 Å². The van der Waals surface area contributed by atoms with Gasteiger partial charge in [0.15, 0.2) is 6.29 Å². The Labute approximate surface area is 408 Å². The lowest BCUT2D eigenvalue weighted by molar-refractivity contribution is -0.302. The number of hydrogen-bond donors (Lipinski definition) is 6. The normalized spacial score (nSPS) is 20.0. The minimum atomic E-state index is -1.58. The minimum absolute atomic E-state index is 0.0569. The van der Waals surface area contributed by atoms with E-state index in [4.69, 9.17) is 14.2 Å². The number of aliphatic hydroxyl groups is 5. The molecule has 1 aliphatic rings. The summed E-state index contributed by atoms with van der Waals surface area (Å²) in [6.45, 7) is 4.18. The van der Waals surface area contributed by atoms with E-state index < -0.39 is 49.5 Å². The quantitative estimate of drug-likeness (QED) is 0.0149. The average Bonchev–Trinajstić information content (AvgIpc) is 3.32. The summed E-state index contributed by atoms with van der Waals surface area (Å²) in [5.74, 6) is -0.265. The SMILES string of the molecule is CCCC/C=C\C/C=C\CCCCCCCC(=O)OCCCCC/C=C\C=C/CCCCCCCCC(=O)NC(COC1OC(CO)C(O)C(O)C1O)C(O)/C=C/CCCCCCCCCC. The Morgan fingerprint density at radius 2 is 1.06 bits per heavy atom. The third-order valence-corrected chi connectivity index (χ3v) is 12.4. The molecule has 1 aliphatic heterocycles. The van der Waals surface area contributed by atoms with Gasteiger partial charge in [0.1, 0.15) is 24.4 Å². The molecule has 11 heteroatoms. The molecule has 1 heterocycles. The number of unbranched alkanes of at least 4 members (excludes halogenated alkanes) is 24. The van der Waals surface area contributed by atoms with Crippen LogP contribution >= 0.6 is 0 Å². The van der Waals surface area contributed by atoms with Gasteiger partial charge in [-0.1, -0.05) is 177 Å². The van der Waals surface area contributed by atoms with Crippen molar-refractivity contribution in [3.8, 4) is 0 Å².